The fraction of sp³-hybridized carbons (Fsp3) is 0.464. The molecule has 3 aromatic rings. The van der Waals surface area contributed by atoms with Gasteiger partial charge in [0.1, 0.15) is 0 Å². The van der Waals surface area contributed by atoms with E-state index in [1.165, 1.54) is 16.6 Å². The Balaban J connectivity index is 1.54. The molecule has 0 spiro atoms. The maximum absolute atomic E-state index is 13.2. The largest absolute Gasteiger partial charge is 0.358 e. The predicted octanol–water partition coefficient (Wildman–Crippen LogP) is 6.06. The lowest BCUT2D eigenvalue weighted by Gasteiger charge is -2.38. The molecule has 2 aromatic carbocycles. The second-order valence-corrected chi connectivity index (χ2v) is 9.89. The van der Waals surface area contributed by atoms with Crippen molar-refractivity contribution in [1.82, 2.24) is 15.2 Å². The molecule has 1 saturated heterocycles. The Labute approximate surface area is 198 Å². The van der Waals surface area contributed by atoms with Crippen LogP contribution in [0.1, 0.15) is 58.2 Å². The highest BCUT2D eigenvalue weighted by atomic mass is 16.2. The lowest BCUT2D eigenvalue weighted by atomic mass is 9.86. The second-order valence-electron chi connectivity index (χ2n) is 9.89. The number of nitrogens with one attached hydrogen (secondary N) is 2. The van der Waals surface area contributed by atoms with Crippen molar-refractivity contribution in [2.45, 2.75) is 65.0 Å². The SMILES string of the molecule is CCNC(=O)N(c1ccc2[nH]c(C(C)(C)CC)cc2c1)C1CCN(Cc2ccccc2)CC1. The standard InChI is InChI=1S/C28H38N4O/c1-5-28(3,4)26-19-22-18-24(12-13-25(22)30-26)32(27(33)29-6-2)23-14-16-31(17-15-23)20-21-10-8-7-9-11-21/h7-13,18-19,23,30H,5-6,14-17,20H2,1-4H3,(H,29,33). The first-order chi connectivity index (χ1) is 15.9. The highest BCUT2D eigenvalue weighted by molar-refractivity contribution is 5.95. The minimum Gasteiger partial charge on any atom is -0.358 e. The predicted molar refractivity (Wildman–Crippen MR) is 138 cm³/mol. The van der Waals surface area contributed by atoms with Crippen LogP contribution in [0.15, 0.2) is 54.6 Å². The molecule has 0 unspecified atom stereocenters. The topological polar surface area (TPSA) is 51.4 Å². The Kier molecular flexibility index (Phi) is 7.08. The molecule has 33 heavy (non-hydrogen) atoms. The van der Waals surface area contributed by atoms with E-state index in [1.807, 2.05) is 11.8 Å². The van der Waals surface area contributed by atoms with Gasteiger partial charge in [0.05, 0.1) is 0 Å². The molecular weight excluding hydrogens is 408 g/mol. The Bertz CT molecular complexity index is 1060. The van der Waals surface area contributed by atoms with Gasteiger partial charge in [0.2, 0.25) is 0 Å². The van der Waals surface area contributed by atoms with Gasteiger partial charge in [0.25, 0.3) is 0 Å². The van der Waals surface area contributed by atoms with Crippen molar-refractivity contribution in [3.05, 3.63) is 65.9 Å². The smallest absolute Gasteiger partial charge is 0.322 e. The number of hydrogen-bond acceptors (Lipinski definition) is 2. The summed E-state index contributed by atoms with van der Waals surface area (Å²) in [7, 11) is 0. The number of carbonyl (C=O) groups is 1. The van der Waals surface area contributed by atoms with Crippen molar-refractivity contribution in [1.29, 1.82) is 0 Å². The maximum atomic E-state index is 13.2. The van der Waals surface area contributed by atoms with Crippen molar-refractivity contribution in [3.63, 3.8) is 0 Å². The number of hydrogen-bond donors (Lipinski definition) is 2. The van der Waals surface area contributed by atoms with E-state index < -0.39 is 0 Å². The molecule has 0 bridgehead atoms. The molecule has 1 fully saturated rings. The number of aromatic nitrogens is 1. The maximum Gasteiger partial charge on any atom is 0.322 e. The average Bonchev–Trinajstić information content (AvgIpc) is 3.26. The molecule has 0 aliphatic carbocycles. The van der Waals surface area contributed by atoms with Gasteiger partial charge in [-0.2, -0.15) is 0 Å². The summed E-state index contributed by atoms with van der Waals surface area (Å²) in [5.41, 5.74) is 4.80. The number of likely N-dealkylation sites (tertiary alicyclic amines) is 1. The molecule has 0 saturated carbocycles. The first-order valence-electron chi connectivity index (χ1n) is 12.4. The Morgan fingerprint density at radius 3 is 2.48 bits per heavy atom. The monoisotopic (exact) mass is 446 g/mol. The average molecular weight is 447 g/mol. The highest BCUT2D eigenvalue weighted by Crippen LogP contribution is 2.32. The fourth-order valence-corrected chi connectivity index (χ4v) is 4.73. The number of anilines is 1. The van der Waals surface area contributed by atoms with Crippen molar-refractivity contribution in [3.8, 4) is 0 Å². The number of nitrogens with zero attached hydrogens (tertiary/aromatic N) is 2. The first-order valence-corrected chi connectivity index (χ1v) is 12.4. The summed E-state index contributed by atoms with van der Waals surface area (Å²) in [6, 6.07) is 19.5. The second kappa shape index (κ2) is 10.0. The number of benzene rings is 2. The number of fused-ring (bicyclic) bond motifs is 1. The van der Waals surface area contributed by atoms with Crippen molar-refractivity contribution in [2.75, 3.05) is 24.5 Å². The van der Waals surface area contributed by atoms with Gasteiger partial charge in [-0.05, 0) is 56.0 Å². The van der Waals surface area contributed by atoms with Crippen molar-refractivity contribution < 1.29 is 4.79 Å². The zero-order chi connectivity index (χ0) is 23.4. The van der Waals surface area contributed by atoms with Gasteiger partial charge in [-0.15, -0.1) is 0 Å². The number of carbonyl (C=O) groups excluding carboxylic acids is 1. The third-order valence-corrected chi connectivity index (χ3v) is 7.21. The van der Waals surface area contributed by atoms with E-state index >= 15 is 0 Å². The van der Waals surface area contributed by atoms with Gasteiger partial charge in [-0.1, -0.05) is 51.1 Å². The summed E-state index contributed by atoms with van der Waals surface area (Å²) < 4.78 is 0. The summed E-state index contributed by atoms with van der Waals surface area (Å²) in [4.78, 5) is 21.2. The minimum absolute atomic E-state index is 0.00278. The number of piperidine rings is 1. The van der Waals surface area contributed by atoms with Gasteiger partial charge < -0.3 is 10.3 Å². The minimum atomic E-state index is 0.00278. The van der Waals surface area contributed by atoms with E-state index in [-0.39, 0.29) is 17.5 Å². The molecule has 2 N–H and O–H groups in total. The lowest BCUT2D eigenvalue weighted by molar-refractivity contribution is 0.197. The van der Waals surface area contributed by atoms with Crippen LogP contribution >= 0.6 is 0 Å². The molecular formula is C28H38N4O. The number of amides is 2. The normalized spacial score (nSPS) is 15.6. The van der Waals surface area contributed by atoms with Gasteiger partial charge in [0, 0.05) is 59.9 Å². The first kappa shape index (κ1) is 23.4. The van der Waals surface area contributed by atoms with Crippen LogP contribution in [-0.4, -0.2) is 41.6 Å². The molecule has 0 radical (unpaired) electrons. The lowest BCUT2D eigenvalue weighted by Crippen LogP contribution is -2.51. The summed E-state index contributed by atoms with van der Waals surface area (Å²) >= 11 is 0. The molecule has 0 atom stereocenters. The fourth-order valence-electron chi connectivity index (χ4n) is 4.73. The summed E-state index contributed by atoms with van der Waals surface area (Å²) in [6.07, 6.45) is 3.02. The molecule has 4 rings (SSSR count). The summed E-state index contributed by atoms with van der Waals surface area (Å²) in [6.45, 7) is 12.3. The molecule has 2 heterocycles. The summed E-state index contributed by atoms with van der Waals surface area (Å²) in [5.74, 6) is 0. The zero-order valence-electron chi connectivity index (χ0n) is 20.5. The van der Waals surface area contributed by atoms with Gasteiger partial charge in [-0.25, -0.2) is 4.79 Å². The van der Waals surface area contributed by atoms with E-state index in [0.29, 0.717) is 6.54 Å². The summed E-state index contributed by atoms with van der Waals surface area (Å²) in [5, 5.41) is 4.21. The van der Waals surface area contributed by atoms with E-state index in [1.54, 1.807) is 0 Å². The molecule has 1 aliphatic heterocycles. The molecule has 5 nitrogen and oxygen atoms in total. The number of urea groups is 1. The van der Waals surface area contributed by atoms with Gasteiger partial charge in [0.15, 0.2) is 0 Å². The number of rotatable bonds is 7. The Morgan fingerprint density at radius 1 is 1.09 bits per heavy atom. The van der Waals surface area contributed by atoms with E-state index in [4.69, 9.17) is 0 Å². The Hall–Kier alpha value is -2.79. The molecule has 5 heteroatoms. The van der Waals surface area contributed by atoms with Crippen LogP contribution in [0.5, 0.6) is 0 Å². The molecule has 1 aliphatic rings. The zero-order valence-corrected chi connectivity index (χ0v) is 20.5. The van der Waals surface area contributed by atoms with Crippen LogP contribution in [0, 0.1) is 0 Å². The van der Waals surface area contributed by atoms with Crippen LogP contribution in [0.3, 0.4) is 0 Å². The third-order valence-electron chi connectivity index (χ3n) is 7.21. The van der Waals surface area contributed by atoms with E-state index in [2.05, 4.69) is 90.6 Å². The van der Waals surface area contributed by atoms with E-state index in [9.17, 15) is 4.79 Å². The highest BCUT2D eigenvalue weighted by Gasteiger charge is 2.29. The Morgan fingerprint density at radius 2 is 1.82 bits per heavy atom. The van der Waals surface area contributed by atoms with Crippen molar-refractivity contribution >= 4 is 22.6 Å². The van der Waals surface area contributed by atoms with Crippen LogP contribution in [0.4, 0.5) is 10.5 Å². The quantitative estimate of drug-likeness (QED) is 0.464. The van der Waals surface area contributed by atoms with Crippen LogP contribution in [-0.2, 0) is 12.0 Å². The number of aromatic amines is 1. The van der Waals surface area contributed by atoms with Gasteiger partial charge >= 0.3 is 6.03 Å². The molecule has 2 amide bonds. The molecule has 1 aromatic heterocycles. The van der Waals surface area contributed by atoms with E-state index in [0.717, 1.165) is 50.1 Å². The van der Waals surface area contributed by atoms with Crippen LogP contribution < -0.4 is 10.2 Å². The number of H-pyrrole nitrogens is 1. The molecule has 176 valence electrons. The van der Waals surface area contributed by atoms with Crippen LogP contribution in [0.25, 0.3) is 10.9 Å². The third kappa shape index (κ3) is 5.25. The van der Waals surface area contributed by atoms with Gasteiger partial charge in [-0.3, -0.25) is 9.80 Å². The van der Waals surface area contributed by atoms with Crippen LogP contribution in [0.2, 0.25) is 0 Å². The van der Waals surface area contributed by atoms with Crippen molar-refractivity contribution in [2.24, 2.45) is 0 Å².